The van der Waals surface area contributed by atoms with E-state index in [1.165, 1.54) is 0 Å². The molecule has 0 atom stereocenters. The minimum Gasteiger partial charge on any atom is -0.491 e. The average molecular weight is 313 g/mol. The number of hydrogen-bond donors (Lipinski definition) is 1. The normalized spacial score (nSPS) is 10.1. The second-order valence-corrected chi connectivity index (χ2v) is 4.84. The number of amides is 1. The molecular weight excluding hydrogens is 294 g/mol. The highest BCUT2D eigenvalue weighted by Gasteiger charge is 2.00. The van der Waals surface area contributed by atoms with E-state index in [4.69, 9.17) is 9.47 Å². The fourth-order valence-corrected chi connectivity index (χ4v) is 1.95. The molecule has 1 amide bonds. The van der Waals surface area contributed by atoms with Gasteiger partial charge < -0.3 is 14.8 Å². The monoisotopic (exact) mass is 313 g/mol. The molecule has 5 nitrogen and oxygen atoms in total. The molecule has 0 aliphatic rings. The van der Waals surface area contributed by atoms with E-state index in [2.05, 4.69) is 5.32 Å². The van der Waals surface area contributed by atoms with E-state index in [-0.39, 0.29) is 12.5 Å². The fraction of sp³-hybridized carbons (Fsp3) is 0.222. The van der Waals surface area contributed by atoms with E-state index in [1.807, 2.05) is 36.4 Å². The summed E-state index contributed by atoms with van der Waals surface area (Å²) in [5.41, 5.74) is 2.74. The summed E-state index contributed by atoms with van der Waals surface area (Å²) in [7, 11) is 1.57. The van der Waals surface area contributed by atoms with Crippen molar-refractivity contribution in [3.63, 3.8) is 0 Å². The minimum absolute atomic E-state index is 0.0373. The molecule has 2 aromatic rings. The molecule has 0 heterocycles. The molecule has 1 N–H and O–H groups in total. The maximum absolute atomic E-state index is 11.0. The largest absolute Gasteiger partial charge is 0.491 e. The van der Waals surface area contributed by atoms with Crippen molar-refractivity contribution in [3.8, 4) is 16.9 Å². The summed E-state index contributed by atoms with van der Waals surface area (Å²) >= 11 is 0. The van der Waals surface area contributed by atoms with Crippen LogP contribution in [0, 0.1) is 0 Å². The average Bonchev–Trinajstić information content (AvgIpc) is 2.62. The van der Waals surface area contributed by atoms with Crippen molar-refractivity contribution in [1.82, 2.24) is 5.32 Å². The molecule has 0 bridgehead atoms. The van der Waals surface area contributed by atoms with Gasteiger partial charge in [0.1, 0.15) is 25.2 Å². The lowest BCUT2D eigenvalue weighted by Gasteiger charge is -2.08. The number of benzene rings is 2. The first-order chi connectivity index (χ1) is 11.2. The summed E-state index contributed by atoms with van der Waals surface area (Å²) in [6, 6.07) is 15.1. The van der Waals surface area contributed by atoms with Crippen LogP contribution >= 0.6 is 0 Å². The van der Waals surface area contributed by atoms with Crippen LogP contribution in [0.3, 0.4) is 0 Å². The van der Waals surface area contributed by atoms with Gasteiger partial charge in [-0.05, 0) is 23.3 Å². The van der Waals surface area contributed by atoms with Crippen molar-refractivity contribution < 1.29 is 19.1 Å². The minimum atomic E-state index is -0.157. The lowest BCUT2D eigenvalue weighted by Crippen LogP contribution is -2.24. The molecule has 0 fully saturated rings. The van der Waals surface area contributed by atoms with E-state index in [0.717, 1.165) is 23.2 Å². The quantitative estimate of drug-likeness (QED) is 0.600. The van der Waals surface area contributed by atoms with Crippen LogP contribution < -0.4 is 10.1 Å². The first-order valence-electron chi connectivity index (χ1n) is 7.29. The lowest BCUT2D eigenvalue weighted by molar-refractivity contribution is -0.125. The van der Waals surface area contributed by atoms with Crippen molar-refractivity contribution >= 4 is 12.2 Å². The fourth-order valence-electron chi connectivity index (χ4n) is 1.95. The third kappa shape index (κ3) is 5.23. The first kappa shape index (κ1) is 16.7. The topological polar surface area (TPSA) is 64.6 Å². The van der Waals surface area contributed by atoms with E-state index in [0.29, 0.717) is 18.8 Å². The van der Waals surface area contributed by atoms with E-state index < -0.39 is 0 Å². The van der Waals surface area contributed by atoms with Crippen molar-refractivity contribution in [2.45, 2.75) is 0 Å². The van der Waals surface area contributed by atoms with Gasteiger partial charge in [0.15, 0.2) is 0 Å². The number of aldehydes is 1. The third-order valence-electron chi connectivity index (χ3n) is 3.24. The van der Waals surface area contributed by atoms with Crippen LogP contribution in [0.2, 0.25) is 0 Å². The molecule has 120 valence electrons. The zero-order valence-electron chi connectivity index (χ0n) is 13.0. The molecular formula is C18H19NO4. The van der Waals surface area contributed by atoms with Gasteiger partial charge >= 0.3 is 0 Å². The number of likely N-dealkylation sites (N-methyl/N-ethyl adjacent to an activating group) is 1. The Kier molecular flexibility index (Phi) is 6.32. The second-order valence-electron chi connectivity index (χ2n) is 4.84. The Labute approximate surface area is 135 Å². The predicted molar refractivity (Wildman–Crippen MR) is 87.6 cm³/mol. The summed E-state index contributed by atoms with van der Waals surface area (Å²) in [6.07, 6.45) is 0.826. The van der Waals surface area contributed by atoms with Gasteiger partial charge in [0.25, 0.3) is 0 Å². The second kappa shape index (κ2) is 8.70. The summed E-state index contributed by atoms with van der Waals surface area (Å²) in [5.74, 6) is 0.580. The highest BCUT2D eigenvalue weighted by atomic mass is 16.5. The molecule has 0 radical (unpaired) electrons. The Hall–Kier alpha value is -2.66. The molecule has 23 heavy (non-hydrogen) atoms. The van der Waals surface area contributed by atoms with E-state index in [1.54, 1.807) is 19.2 Å². The number of carbonyl (C=O) groups is 2. The van der Waals surface area contributed by atoms with Gasteiger partial charge in [-0.3, -0.25) is 9.59 Å². The van der Waals surface area contributed by atoms with Crippen LogP contribution in [0.1, 0.15) is 10.4 Å². The number of nitrogens with one attached hydrogen (secondary N) is 1. The van der Waals surface area contributed by atoms with Crippen LogP contribution in [0.15, 0.2) is 48.5 Å². The number of hydrogen-bond acceptors (Lipinski definition) is 4. The first-order valence-corrected chi connectivity index (χ1v) is 7.29. The Morgan fingerprint density at radius 3 is 2.17 bits per heavy atom. The van der Waals surface area contributed by atoms with E-state index >= 15 is 0 Å². The van der Waals surface area contributed by atoms with Gasteiger partial charge in [-0.2, -0.15) is 0 Å². The van der Waals surface area contributed by atoms with Gasteiger partial charge in [0, 0.05) is 12.6 Å². The zero-order valence-corrected chi connectivity index (χ0v) is 13.0. The van der Waals surface area contributed by atoms with Gasteiger partial charge in [-0.25, -0.2) is 0 Å². The van der Waals surface area contributed by atoms with Crippen LogP contribution in [0.5, 0.6) is 5.75 Å². The number of carbonyl (C=O) groups excluding carboxylic acids is 2. The Morgan fingerprint density at radius 1 is 1.00 bits per heavy atom. The van der Waals surface area contributed by atoms with E-state index in [9.17, 15) is 9.59 Å². The maximum atomic E-state index is 11.0. The smallest absolute Gasteiger partial charge is 0.245 e. The molecule has 0 spiro atoms. The Balaban J connectivity index is 1.82. The molecule has 5 heteroatoms. The Bertz CT molecular complexity index is 635. The van der Waals surface area contributed by atoms with Gasteiger partial charge in [0.2, 0.25) is 5.91 Å². The van der Waals surface area contributed by atoms with Crippen molar-refractivity contribution in [1.29, 1.82) is 0 Å². The maximum Gasteiger partial charge on any atom is 0.245 e. The highest BCUT2D eigenvalue weighted by molar-refractivity contribution is 5.77. The number of ether oxygens (including phenoxy) is 2. The zero-order chi connectivity index (χ0) is 16.5. The molecule has 0 aliphatic heterocycles. The van der Waals surface area contributed by atoms with Crippen molar-refractivity contribution in [2.75, 3.05) is 26.9 Å². The third-order valence-corrected chi connectivity index (χ3v) is 3.24. The van der Waals surface area contributed by atoms with Gasteiger partial charge in [0.05, 0.1) is 6.61 Å². The molecule has 0 unspecified atom stereocenters. The highest BCUT2D eigenvalue weighted by Crippen LogP contribution is 2.22. The molecule has 0 saturated carbocycles. The summed E-state index contributed by atoms with van der Waals surface area (Å²) < 4.78 is 10.7. The van der Waals surface area contributed by atoms with Crippen LogP contribution in [-0.2, 0) is 9.53 Å². The summed E-state index contributed by atoms with van der Waals surface area (Å²) in [5, 5.41) is 2.48. The SMILES string of the molecule is CNC(=O)COCCOc1ccc(-c2ccc(C=O)cc2)cc1. The molecule has 2 aromatic carbocycles. The molecule has 0 saturated heterocycles. The number of rotatable bonds is 8. The van der Waals surface area contributed by atoms with Crippen LogP contribution in [0.25, 0.3) is 11.1 Å². The summed E-state index contributed by atoms with van der Waals surface area (Å²) in [4.78, 5) is 21.6. The van der Waals surface area contributed by atoms with Gasteiger partial charge in [-0.15, -0.1) is 0 Å². The molecule has 0 aromatic heterocycles. The van der Waals surface area contributed by atoms with Crippen LogP contribution in [0.4, 0.5) is 0 Å². The standard InChI is InChI=1S/C18H19NO4/c1-19-18(21)13-22-10-11-23-17-8-6-16(7-9-17)15-4-2-14(12-20)3-5-15/h2-9,12H,10-11,13H2,1H3,(H,19,21). The van der Waals surface area contributed by atoms with Crippen molar-refractivity contribution in [2.24, 2.45) is 0 Å². The summed E-state index contributed by atoms with van der Waals surface area (Å²) in [6.45, 7) is 0.766. The Morgan fingerprint density at radius 2 is 1.61 bits per heavy atom. The van der Waals surface area contributed by atoms with Crippen LogP contribution in [-0.4, -0.2) is 39.1 Å². The van der Waals surface area contributed by atoms with Crippen molar-refractivity contribution in [3.05, 3.63) is 54.1 Å². The molecule has 0 aliphatic carbocycles. The molecule has 2 rings (SSSR count). The van der Waals surface area contributed by atoms with Gasteiger partial charge in [-0.1, -0.05) is 36.4 Å². The lowest BCUT2D eigenvalue weighted by atomic mass is 10.0. The predicted octanol–water partition coefficient (Wildman–Crippen LogP) is 2.31.